The number of nitrogens with one attached hydrogen (secondary N) is 1. The molecule has 2 fully saturated rings. The first kappa shape index (κ1) is 27.6. The van der Waals surface area contributed by atoms with Gasteiger partial charge in [-0.3, -0.25) is 9.59 Å². The Balaban J connectivity index is 1.23. The van der Waals surface area contributed by atoms with Crippen LogP contribution in [0.3, 0.4) is 0 Å². The van der Waals surface area contributed by atoms with Crippen LogP contribution >= 0.6 is 0 Å². The van der Waals surface area contributed by atoms with Crippen molar-refractivity contribution in [3.8, 4) is 0 Å². The van der Waals surface area contributed by atoms with Gasteiger partial charge in [-0.15, -0.1) is 0 Å². The molecule has 2 unspecified atom stereocenters. The van der Waals surface area contributed by atoms with Crippen LogP contribution < -0.4 is 5.32 Å². The van der Waals surface area contributed by atoms with Gasteiger partial charge in [-0.2, -0.15) is 13.2 Å². The van der Waals surface area contributed by atoms with Crippen LogP contribution in [0.5, 0.6) is 0 Å². The quantitative estimate of drug-likeness (QED) is 0.498. The Bertz CT molecular complexity index is 1120. The average Bonchev–Trinajstić information content (AvgIpc) is 3.72. The van der Waals surface area contributed by atoms with Crippen LogP contribution in [0, 0.1) is 5.92 Å². The van der Waals surface area contributed by atoms with Gasteiger partial charge in [0.15, 0.2) is 0 Å². The monoisotopic (exact) mass is 531 g/mol. The molecule has 1 saturated carbocycles. The normalized spacial score (nSPS) is 20.0. The summed E-state index contributed by atoms with van der Waals surface area (Å²) in [5.74, 6) is -2.53. The number of methoxy groups -OCH3 is 1. The van der Waals surface area contributed by atoms with Crippen molar-refractivity contribution in [3.63, 3.8) is 0 Å². The largest absolute Gasteiger partial charge is 0.471 e. The fraction of sp³-hybridized carbons (Fsp3) is 0.464. The molecule has 2 aliphatic rings. The van der Waals surface area contributed by atoms with E-state index in [0.29, 0.717) is 56.6 Å². The Morgan fingerprint density at radius 2 is 1.63 bits per heavy atom. The minimum Gasteiger partial charge on any atom is -0.465 e. The van der Waals surface area contributed by atoms with E-state index in [0.717, 1.165) is 10.5 Å². The summed E-state index contributed by atoms with van der Waals surface area (Å²) >= 11 is 0. The number of hydrogen-bond acceptors (Lipinski definition) is 5. The Labute approximate surface area is 219 Å². The van der Waals surface area contributed by atoms with Gasteiger partial charge in [-0.25, -0.2) is 4.79 Å². The summed E-state index contributed by atoms with van der Waals surface area (Å²) in [6.07, 6.45) is -2.96. The van der Waals surface area contributed by atoms with Crippen molar-refractivity contribution in [2.24, 2.45) is 5.92 Å². The van der Waals surface area contributed by atoms with Gasteiger partial charge in [0.1, 0.15) is 0 Å². The van der Waals surface area contributed by atoms with Crippen LogP contribution in [0.15, 0.2) is 54.6 Å². The number of halogens is 3. The molecule has 0 spiro atoms. The molecule has 0 bridgehead atoms. The Morgan fingerprint density at radius 1 is 1.00 bits per heavy atom. The third-order valence-corrected chi connectivity index (χ3v) is 7.33. The summed E-state index contributed by atoms with van der Waals surface area (Å²) in [6, 6.07) is 15.1. The van der Waals surface area contributed by atoms with Crippen molar-refractivity contribution in [3.05, 3.63) is 71.3 Å². The van der Waals surface area contributed by atoms with Gasteiger partial charge in [0.05, 0.1) is 12.7 Å². The van der Waals surface area contributed by atoms with Crippen LogP contribution in [0.4, 0.5) is 13.2 Å². The highest BCUT2D eigenvalue weighted by atomic mass is 19.4. The first-order valence-electron chi connectivity index (χ1n) is 12.8. The second-order valence-electron chi connectivity index (χ2n) is 9.89. The van der Waals surface area contributed by atoms with Crippen LogP contribution in [0.1, 0.15) is 51.5 Å². The molecule has 10 heteroatoms. The minimum absolute atomic E-state index is 0.00232. The number of likely N-dealkylation sites (tertiary alicyclic amines) is 1. The number of piperidine rings is 1. The van der Waals surface area contributed by atoms with E-state index < -0.39 is 24.1 Å². The van der Waals surface area contributed by atoms with E-state index in [1.807, 2.05) is 30.3 Å². The molecule has 1 heterocycles. The maximum Gasteiger partial charge on any atom is 0.471 e. The number of carbonyl (C=O) groups excluding carboxylic acids is 3. The van der Waals surface area contributed by atoms with Crippen LogP contribution in [-0.2, 0) is 9.53 Å². The van der Waals surface area contributed by atoms with Gasteiger partial charge in [0.25, 0.3) is 5.91 Å². The van der Waals surface area contributed by atoms with Crippen molar-refractivity contribution in [2.45, 2.75) is 37.4 Å². The predicted molar refractivity (Wildman–Crippen MR) is 135 cm³/mol. The highest BCUT2D eigenvalue weighted by molar-refractivity contribution is 5.96. The molecule has 2 atom stereocenters. The van der Waals surface area contributed by atoms with E-state index in [9.17, 15) is 27.6 Å². The highest BCUT2D eigenvalue weighted by Crippen LogP contribution is 2.46. The van der Waals surface area contributed by atoms with Crippen molar-refractivity contribution in [1.29, 1.82) is 0 Å². The molecule has 2 aromatic rings. The molecule has 1 saturated heterocycles. The Hall–Kier alpha value is -3.40. The van der Waals surface area contributed by atoms with Gasteiger partial charge in [-0.05, 0) is 68.1 Å². The smallest absolute Gasteiger partial charge is 0.465 e. The topological polar surface area (TPSA) is 79.0 Å². The lowest BCUT2D eigenvalue weighted by molar-refractivity contribution is -0.187. The predicted octanol–water partition coefficient (Wildman–Crippen LogP) is 3.86. The Kier molecular flexibility index (Phi) is 8.71. The second kappa shape index (κ2) is 12.0. The van der Waals surface area contributed by atoms with E-state index in [1.54, 1.807) is 12.1 Å². The summed E-state index contributed by atoms with van der Waals surface area (Å²) in [5, 5.41) is 2.85. The lowest BCUT2D eigenvalue weighted by Gasteiger charge is -2.35. The molecule has 7 nitrogen and oxygen atoms in total. The minimum atomic E-state index is -4.89. The molecule has 2 aromatic carbocycles. The SMILES string of the molecule is COC(=O)c1ccc(C(=O)NCCN2CCC(CN(C(=O)C(F)(F)F)C3CC3c3ccccc3)CC2)cc1. The first-order chi connectivity index (χ1) is 18.2. The molecule has 1 aliphatic heterocycles. The number of amides is 2. The van der Waals surface area contributed by atoms with Gasteiger partial charge in [0.2, 0.25) is 0 Å². The molecule has 1 N–H and O–H groups in total. The van der Waals surface area contributed by atoms with Crippen LogP contribution in [-0.4, -0.2) is 79.6 Å². The molecule has 204 valence electrons. The van der Waals surface area contributed by atoms with Crippen LogP contribution in [0.2, 0.25) is 0 Å². The van der Waals surface area contributed by atoms with Crippen molar-refractivity contribution in [1.82, 2.24) is 15.1 Å². The van der Waals surface area contributed by atoms with E-state index in [-0.39, 0.29) is 24.3 Å². The molecular weight excluding hydrogens is 499 g/mol. The Morgan fingerprint density at radius 3 is 2.24 bits per heavy atom. The second-order valence-corrected chi connectivity index (χ2v) is 9.89. The molecule has 0 aromatic heterocycles. The van der Waals surface area contributed by atoms with E-state index >= 15 is 0 Å². The highest BCUT2D eigenvalue weighted by Gasteiger charge is 2.52. The van der Waals surface area contributed by atoms with Crippen LogP contribution in [0.25, 0.3) is 0 Å². The summed E-state index contributed by atoms with van der Waals surface area (Å²) in [5.41, 5.74) is 1.76. The van der Waals surface area contributed by atoms with E-state index in [4.69, 9.17) is 0 Å². The van der Waals surface area contributed by atoms with Gasteiger partial charge in [0, 0.05) is 37.2 Å². The van der Waals surface area contributed by atoms with Gasteiger partial charge < -0.3 is 19.9 Å². The van der Waals surface area contributed by atoms with Crippen molar-refractivity contribution in [2.75, 3.05) is 39.8 Å². The zero-order valence-electron chi connectivity index (χ0n) is 21.2. The first-order valence-corrected chi connectivity index (χ1v) is 12.8. The molecule has 2 amide bonds. The molecule has 0 radical (unpaired) electrons. The molecular formula is C28H32F3N3O4. The summed E-state index contributed by atoms with van der Waals surface area (Å²) in [6.45, 7) is 2.52. The number of benzene rings is 2. The number of rotatable bonds is 9. The zero-order valence-corrected chi connectivity index (χ0v) is 21.2. The van der Waals surface area contributed by atoms with Gasteiger partial charge in [-0.1, -0.05) is 30.3 Å². The maximum absolute atomic E-state index is 13.4. The van der Waals surface area contributed by atoms with Crippen molar-refractivity contribution < 1.29 is 32.3 Å². The van der Waals surface area contributed by atoms with Crippen molar-refractivity contribution >= 4 is 17.8 Å². The van der Waals surface area contributed by atoms with E-state index in [1.165, 1.54) is 19.2 Å². The molecule has 38 heavy (non-hydrogen) atoms. The fourth-order valence-electron chi connectivity index (χ4n) is 5.09. The van der Waals surface area contributed by atoms with Gasteiger partial charge >= 0.3 is 18.1 Å². The fourth-order valence-corrected chi connectivity index (χ4v) is 5.09. The number of hydrogen-bond donors (Lipinski definition) is 1. The standard InChI is InChI=1S/C28H32F3N3O4/c1-38-26(36)22-9-7-21(8-10-22)25(35)32-13-16-33-14-11-19(12-15-33)18-34(27(37)28(29,30)31)24-17-23(24)20-5-3-2-4-6-20/h2-10,19,23-24H,11-18H2,1H3,(H,32,35). The number of nitrogens with zero attached hydrogens (tertiary/aromatic N) is 2. The number of carbonyl (C=O) groups is 3. The number of ether oxygens (including phenoxy) is 1. The molecule has 1 aliphatic carbocycles. The summed E-state index contributed by atoms with van der Waals surface area (Å²) in [4.78, 5) is 39.4. The third-order valence-electron chi connectivity index (χ3n) is 7.33. The lowest BCUT2D eigenvalue weighted by Crippen LogP contribution is -2.47. The zero-order chi connectivity index (χ0) is 27.3. The average molecular weight is 532 g/mol. The number of alkyl halides is 3. The lowest BCUT2D eigenvalue weighted by atomic mass is 9.95. The number of esters is 1. The van der Waals surface area contributed by atoms with E-state index in [2.05, 4.69) is 15.0 Å². The maximum atomic E-state index is 13.4. The summed E-state index contributed by atoms with van der Waals surface area (Å²) < 4.78 is 44.8. The third kappa shape index (κ3) is 6.92. The molecule has 4 rings (SSSR count). The summed E-state index contributed by atoms with van der Waals surface area (Å²) in [7, 11) is 1.29.